The third-order valence-electron chi connectivity index (χ3n) is 3.72. The summed E-state index contributed by atoms with van der Waals surface area (Å²) in [6.07, 6.45) is 0.705. The molecule has 0 amide bonds. The van der Waals surface area contributed by atoms with Crippen molar-refractivity contribution in [2.45, 2.75) is 38.8 Å². The lowest BCUT2D eigenvalue weighted by Crippen LogP contribution is -2.46. The topological polar surface area (TPSA) is 32.3 Å². The number of benzene rings is 1. The van der Waals surface area contributed by atoms with Gasteiger partial charge < -0.3 is 10.4 Å². The van der Waals surface area contributed by atoms with Gasteiger partial charge >= 0.3 is 0 Å². The molecule has 2 aromatic rings. The van der Waals surface area contributed by atoms with E-state index >= 15 is 0 Å². The van der Waals surface area contributed by atoms with Crippen molar-refractivity contribution >= 4 is 21.4 Å². The predicted molar refractivity (Wildman–Crippen MR) is 79.2 cm³/mol. The zero-order valence-corrected chi connectivity index (χ0v) is 12.1. The Morgan fingerprint density at radius 3 is 2.78 bits per heavy atom. The summed E-state index contributed by atoms with van der Waals surface area (Å²) in [5.74, 6) is 0. The van der Waals surface area contributed by atoms with Crippen molar-refractivity contribution in [1.29, 1.82) is 0 Å². The maximum atomic E-state index is 10.9. The van der Waals surface area contributed by atoms with E-state index in [1.54, 1.807) is 11.3 Å². The average molecular weight is 263 g/mol. The molecule has 1 heterocycles. The van der Waals surface area contributed by atoms with E-state index in [1.807, 2.05) is 13.8 Å². The van der Waals surface area contributed by atoms with Gasteiger partial charge in [-0.1, -0.05) is 19.9 Å². The van der Waals surface area contributed by atoms with Gasteiger partial charge in [-0.25, -0.2) is 0 Å². The van der Waals surface area contributed by atoms with Crippen LogP contribution < -0.4 is 5.32 Å². The minimum atomic E-state index is -0.799. The van der Waals surface area contributed by atoms with Gasteiger partial charge in [0.15, 0.2) is 0 Å². The molecule has 2 rings (SSSR count). The maximum Gasteiger partial charge on any atom is 0.104 e. The Morgan fingerprint density at radius 1 is 1.33 bits per heavy atom. The molecule has 0 aliphatic carbocycles. The Morgan fingerprint density at radius 2 is 2.11 bits per heavy atom. The highest BCUT2D eigenvalue weighted by Crippen LogP contribution is 2.32. The fourth-order valence-corrected chi connectivity index (χ4v) is 3.24. The van der Waals surface area contributed by atoms with Crippen LogP contribution in [0, 0.1) is 0 Å². The van der Waals surface area contributed by atoms with E-state index in [4.69, 9.17) is 0 Å². The van der Waals surface area contributed by atoms with Crippen molar-refractivity contribution in [3.05, 3.63) is 35.2 Å². The molecule has 0 bridgehead atoms. The van der Waals surface area contributed by atoms with Crippen LogP contribution in [0.25, 0.3) is 10.1 Å². The molecule has 3 heteroatoms. The third kappa shape index (κ3) is 2.30. The maximum absolute atomic E-state index is 10.9. The molecule has 1 aromatic carbocycles. The van der Waals surface area contributed by atoms with Gasteiger partial charge in [0, 0.05) is 10.7 Å². The minimum absolute atomic E-state index is 0.0450. The van der Waals surface area contributed by atoms with Gasteiger partial charge in [0.25, 0.3) is 0 Å². The number of aliphatic hydroxyl groups is 1. The lowest BCUT2D eigenvalue weighted by molar-refractivity contribution is -0.000668. The van der Waals surface area contributed by atoms with Gasteiger partial charge in [-0.3, -0.25) is 0 Å². The quantitative estimate of drug-likeness (QED) is 0.865. The lowest BCUT2D eigenvalue weighted by atomic mass is 9.84. The standard InChI is InChI=1S/C15H21NOS/c1-4-15(17,11(3)16-5-2)13-6-7-14-12(10-13)8-9-18-14/h6-11,16-17H,4-5H2,1-3H3. The smallest absolute Gasteiger partial charge is 0.104 e. The fourth-order valence-electron chi connectivity index (χ4n) is 2.47. The Kier molecular flexibility index (Phi) is 4.05. The number of fused-ring (bicyclic) bond motifs is 1. The summed E-state index contributed by atoms with van der Waals surface area (Å²) in [7, 11) is 0. The summed E-state index contributed by atoms with van der Waals surface area (Å²) in [5.41, 5.74) is 0.205. The van der Waals surface area contributed by atoms with Gasteiger partial charge in [0.2, 0.25) is 0 Å². The SMILES string of the molecule is CCNC(C)C(O)(CC)c1ccc2sccc2c1. The monoisotopic (exact) mass is 263 g/mol. The summed E-state index contributed by atoms with van der Waals surface area (Å²) in [4.78, 5) is 0. The van der Waals surface area contributed by atoms with Crippen LogP contribution in [0.4, 0.5) is 0 Å². The zero-order chi connectivity index (χ0) is 13.2. The van der Waals surface area contributed by atoms with E-state index in [0.717, 1.165) is 12.1 Å². The molecule has 2 unspecified atom stereocenters. The zero-order valence-electron chi connectivity index (χ0n) is 11.2. The molecule has 2 nitrogen and oxygen atoms in total. The first-order chi connectivity index (χ1) is 8.61. The first-order valence-corrected chi connectivity index (χ1v) is 7.43. The highest BCUT2D eigenvalue weighted by atomic mass is 32.1. The highest BCUT2D eigenvalue weighted by molar-refractivity contribution is 7.17. The summed E-state index contributed by atoms with van der Waals surface area (Å²) in [5, 5.41) is 17.6. The van der Waals surface area contributed by atoms with E-state index in [0.29, 0.717) is 6.42 Å². The van der Waals surface area contributed by atoms with Crippen molar-refractivity contribution in [3.8, 4) is 0 Å². The van der Waals surface area contributed by atoms with Crippen molar-refractivity contribution in [2.75, 3.05) is 6.54 Å². The summed E-state index contributed by atoms with van der Waals surface area (Å²) < 4.78 is 1.27. The van der Waals surface area contributed by atoms with Crippen molar-refractivity contribution < 1.29 is 5.11 Å². The molecular formula is C15H21NOS. The van der Waals surface area contributed by atoms with Crippen LogP contribution in [-0.4, -0.2) is 17.7 Å². The van der Waals surface area contributed by atoms with Gasteiger partial charge in [-0.2, -0.15) is 0 Å². The van der Waals surface area contributed by atoms with Crippen LogP contribution in [0.3, 0.4) is 0 Å². The number of hydrogen-bond donors (Lipinski definition) is 2. The lowest BCUT2D eigenvalue weighted by Gasteiger charge is -2.34. The molecule has 0 fully saturated rings. The Balaban J connectivity index is 2.41. The largest absolute Gasteiger partial charge is 0.384 e. The number of thiophene rings is 1. The van der Waals surface area contributed by atoms with Crippen molar-refractivity contribution in [2.24, 2.45) is 0 Å². The van der Waals surface area contributed by atoms with Crippen LogP contribution in [-0.2, 0) is 5.60 Å². The van der Waals surface area contributed by atoms with Crippen molar-refractivity contribution in [3.63, 3.8) is 0 Å². The number of hydrogen-bond acceptors (Lipinski definition) is 3. The van der Waals surface area contributed by atoms with Crippen LogP contribution in [0.5, 0.6) is 0 Å². The number of nitrogens with one attached hydrogen (secondary N) is 1. The average Bonchev–Trinajstić information content (AvgIpc) is 2.85. The second-order valence-corrected chi connectivity index (χ2v) is 5.68. The third-order valence-corrected chi connectivity index (χ3v) is 4.62. The second kappa shape index (κ2) is 5.39. The molecule has 0 radical (unpaired) electrons. The molecular weight excluding hydrogens is 242 g/mol. The fraction of sp³-hybridized carbons (Fsp3) is 0.467. The molecule has 2 N–H and O–H groups in total. The van der Waals surface area contributed by atoms with Crippen molar-refractivity contribution in [1.82, 2.24) is 5.32 Å². The molecule has 98 valence electrons. The molecule has 18 heavy (non-hydrogen) atoms. The normalized spacial score (nSPS) is 16.7. The van der Waals surface area contributed by atoms with Gasteiger partial charge in [-0.15, -0.1) is 11.3 Å². The molecule has 0 aliphatic heterocycles. The molecule has 0 saturated heterocycles. The van der Waals surface area contributed by atoms with E-state index in [1.165, 1.54) is 10.1 Å². The van der Waals surface area contributed by atoms with Crippen LogP contribution in [0.2, 0.25) is 0 Å². The predicted octanol–water partition coefficient (Wildman–Crippen LogP) is 3.50. The molecule has 0 spiro atoms. The first kappa shape index (κ1) is 13.5. The summed E-state index contributed by atoms with van der Waals surface area (Å²) in [6, 6.07) is 8.43. The van der Waals surface area contributed by atoms with E-state index in [2.05, 4.69) is 41.9 Å². The Labute approximate surface area is 113 Å². The first-order valence-electron chi connectivity index (χ1n) is 6.55. The van der Waals surface area contributed by atoms with Crippen LogP contribution in [0.15, 0.2) is 29.6 Å². The van der Waals surface area contributed by atoms with E-state index in [9.17, 15) is 5.11 Å². The summed E-state index contributed by atoms with van der Waals surface area (Å²) in [6.45, 7) is 7.01. The van der Waals surface area contributed by atoms with Gasteiger partial charge in [0.1, 0.15) is 5.60 Å². The van der Waals surface area contributed by atoms with Gasteiger partial charge in [-0.05, 0) is 54.4 Å². The number of likely N-dealkylation sites (N-methyl/N-ethyl adjacent to an activating group) is 1. The Bertz CT molecular complexity index is 522. The summed E-state index contributed by atoms with van der Waals surface area (Å²) >= 11 is 1.74. The molecule has 0 aliphatic rings. The van der Waals surface area contributed by atoms with Crippen LogP contribution in [0.1, 0.15) is 32.8 Å². The number of rotatable bonds is 5. The highest BCUT2D eigenvalue weighted by Gasteiger charge is 2.33. The van der Waals surface area contributed by atoms with E-state index in [-0.39, 0.29) is 6.04 Å². The Hall–Kier alpha value is -0.900. The molecule has 0 saturated carbocycles. The molecule has 2 atom stereocenters. The van der Waals surface area contributed by atoms with Gasteiger partial charge in [0.05, 0.1) is 0 Å². The van der Waals surface area contributed by atoms with Crippen LogP contribution >= 0.6 is 11.3 Å². The van der Waals surface area contributed by atoms with E-state index < -0.39 is 5.60 Å². The molecule has 1 aromatic heterocycles. The minimum Gasteiger partial charge on any atom is -0.384 e. The second-order valence-electron chi connectivity index (χ2n) is 4.73.